The summed E-state index contributed by atoms with van der Waals surface area (Å²) in [6, 6.07) is 0. The van der Waals surface area contributed by atoms with Crippen molar-refractivity contribution in [3.05, 3.63) is 34.4 Å². The van der Waals surface area contributed by atoms with Gasteiger partial charge in [0.1, 0.15) is 5.56 Å². The lowest BCUT2D eigenvalue weighted by molar-refractivity contribution is -0.138. The van der Waals surface area contributed by atoms with Crippen LogP contribution in [-0.2, 0) is 9.53 Å². The molecule has 0 heterocycles. The predicted molar refractivity (Wildman–Crippen MR) is 53.7 cm³/mol. The van der Waals surface area contributed by atoms with E-state index in [9.17, 15) is 27.2 Å². The number of carboxylic acids is 1. The summed E-state index contributed by atoms with van der Waals surface area (Å²) in [7, 11) is 0.769. The molecule has 8 heteroatoms. The Kier molecular flexibility index (Phi) is 4.13. The lowest BCUT2D eigenvalue weighted by atomic mass is 9.97. The highest BCUT2D eigenvalue weighted by Crippen LogP contribution is 2.30. The molecule has 0 fully saturated rings. The van der Waals surface area contributed by atoms with E-state index in [1.54, 1.807) is 0 Å². The summed E-state index contributed by atoms with van der Waals surface area (Å²) < 4.78 is 58.1. The molecule has 0 aliphatic heterocycles. The van der Waals surface area contributed by atoms with E-state index in [0.717, 1.165) is 14.0 Å². The Morgan fingerprint density at radius 1 is 1.05 bits per heavy atom. The van der Waals surface area contributed by atoms with Gasteiger partial charge in [-0.25, -0.2) is 22.4 Å². The van der Waals surface area contributed by atoms with E-state index in [0.29, 0.717) is 0 Å². The summed E-state index contributed by atoms with van der Waals surface area (Å²) in [5.74, 6) is -13.0. The Morgan fingerprint density at radius 2 is 1.47 bits per heavy atom. The van der Waals surface area contributed by atoms with Crippen molar-refractivity contribution in [2.45, 2.75) is 12.8 Å². The minimum atomic E-state index is -1.99. The van der Waals surface area contributed by atoms with Gasteiger partial charge >= 0.3 is 11.9 Å². The second kappa shape index (κ2) is 5.25. The number of methoxy groups -OCH3 is 1. The van der Waals surface area contributed by atoms with Gasteiger partial charge in [0.2, 0.25) is 0 Å². The van der Waals surface area contributed by atoms with Crippen LogP contribution in [0, 0.1) is 23.3 Å². The van der Waals surface area contributed by atoms with E-state index < -0.39 is 52.3 Å². The van der Waals surface area contributed by atoms with Gasteiger partial charge in [0.15, 0.2) is 23.3 Å². The highest BCUT2D eigenvalue weighted by Gasteiger charge is 2.33. The molecule has 1 aromatic rings. The molecular formula is C11H8F4O4. The number of benzene rings is 1. The molecule has 0 saturated heterocycles. The highest BCUT2D eigenvalue weighted by atomic mass is 19.2. The maximum Gasteiger partial charge on any atom is 0.344 e. The molecule has 0 amide bonds. The third kappa shape index (κ3) is 2.38. The number of carbonyl (C=O) groups excluding carboxylic acids is 1. The van der Waals surface area contributed by atoms with Crippen LogP contribution in [0.15, 0.2) is 0 Å². The minimum absolute atomic E-state index is 0.769. The second-order valence-corrected chi connectivity index (χ2v) is 3.60. The average Bonchev–Trinajstić information content (AvgIpc) is 2.36. The zero-order valence-corrected chi connectivity index (χ0v) is 9.76. The number of esters is 1. The van der Waals surface area contributed by atoms with Gasteiger partial charge in [0.05, 0.1) is 13.0 Å². The molecule has 0 aliphatic carbocycles. The third-order valence-electron chi connectivity index (χ3n) is 2.49. The van der Waals surface area contributed by atoms with Crippen LogP contribution in [-0.4, -0.2) is 24.2 Å². The number of rotatable bonds is 3. The van der Waals surface area contributed by atoms with Crippen LogP contribution in [0.3, 0.4) is 0 Å². The van der Waals surface area contributed by atoms with Gasteiger partial charge < -0.3 is 9.84 Å². The number of carbonyl (C=O) groups is 2. The fourth-order valence-electron chi connectivity index (χ4n) is 1.43. The predicted octanol–water partition coefficient (Wildman–Crippen LogP) is 2.22. The Bertz CT molecular complexity index is 527. The molecule has 0 aliphatic rings. The first-order valence-corrected chi connectivity index (χ1v) is 4.90. The number of hydrogen-bond acceptors (Lipinski definition) is 3. The van der Waals surface area contributed by atoms with Crippen LogP contribution in [0.2, 0.25) is 0 Å². The Labute approximate surface area is 104 Å². The lowest BCUT2D eigenvalue weighted by Crippen LogP contribution is -2.18. The summed E-state index contributed by atoms with van der Waals surface area (Å²) >= 11 is 0. The third-order valence-corrected chi connectivity index (χ3v) is 2.49. The Hall–Kier alpha value is -2.12. The van der Waals surface area contributed by atoms with Gasteiger partial charge in [-0.2, -0.15) is 0 Å². The van der Waals surface area contributed by atoms with Crippen molar-refractivity contribution >= 4 is 11.9 Å². The van der Waals surface area contributed by atoms with E-state index in [4.69, 9.17) is 5.11 Å². The van der Waals surface area contributed by atoms with E-state index in [-0.39, 0.29) is 0 Å². The first-order valence-electron chi connectivity index (χ1n) is 4.90. The highest BCUT2D eigenvalue weighted by molar-refractivity contribution is 5.90. The number of halogens is 4. The average molecular weight is 280 g/mol. The molecule has 0 spiro atoms. The van der Waals surface area contributed by atoms with Crippen molar-refractivity contribution in [2.24, 2.45) is 0 Å². The van der Waals surface area contributed by atoms with Crippen molar-refractivity contribution in [3.8, 4) is 0 Å². The van der Waals surface area contributed by atoms with Crippen molar-refractivity contribution in [1.29, 1.82) is 0 Å². The Balaban J connectivity index is 3.65. The van der Waals surface area contributed by atoms with Gasteiger partial charge in [-0.15, -0.1) is 0 Å². The molecule has 1 rings (SSSR count). The SMILES string of the molecule is COC(=O)c1c(F)c(F)c(C(C)C(=O)O)c(F)c1F. The van der Waals surface area contributed by atoms with E-state index in [1.165, 1.54) is 0 Å². The summed E-state index contributed by atoms with van der Waals surface area (Å²) in [5, 5.41) is 8.62. The first kappa shape index (κ1) is 14.9. The molecule has 0 bridgehead atoms. The van der Waals surface area contributed by atoms with Crippen molar-refractivity contribution in [3.63, 3.8) is 0 Å². The topological polar surface area (TPSA) is 63.6 Å². The maximum absolute atomic E-state index is 13.6. The summed E-state index contributed by atoms with van der Waals surface area (Å²) in [6.07, 6.45) is 0. The number of aliphatic carboxylic acids is 1. The molecule has 0 radical (unpaired) electrons. The molecular weight excluding hydrogens is 272 g/mol. The second-order valence-electron chi connectivity index (χ2n) is 3.60. The van der Waals surface area contributed by atoms with Crippen LogP contribution in [0.25, 0.3) is 0 Å². The van der Waals surface area contributed by atoms with Gasteiger partial charge in [-0.1, -0.05) is 0 Å². The summed E-state index contributed by atoms with van der Waals surface area (Å²) in [5.41, 5.74) is -2.84. The Morgan fingerprint density at radius 3 is 1.79 bits per heavy atom. The molecule has 1 aromatic carbocycles. The fourth-order valence-corrected chi connectivity index (χ4v) is 1.43. The molecule has 0 saturated carbocycles. The van der Waals surface area contributed by atoms with Crippen LogP contribution in [0.4, 0.5) is 17.6 Å². The van der Waals surface area contributed by atoms with Crippen molar-refractivity contribution in [1.82, 2.24) is 0 Å². The van der Waals surface area contributed by atoms with E-state index >= 15 is 0 Å². The fraction of sp³-hybridized carbons (Fsp3) is 0.273. The zero-order chi connectivity index (χ0) is 14.9. The summed E-state index contributed by atoms with van der Waals surface area (Å²) in [6.45, 7) is 0.848. The van der Waals surface area contributed by atoms with Gasteiger partial charge in [-0.05, 0) is 6.92 Å². The van der Waals surface area contributed by atoms with Crippen molar-refractivity contribution < 1.29 is 37.0 Å². The first-order chi connectivity index (χ1) is 8.73. The molecule has 1 N–H and O–H groups in total. The van der Waals surface area contributed by atoms with Crippen LogP contribution >= 0.6 is 0 Å². The molecule has 4 nitrogen and oxygen atoms in total. The largest absolute Gasteiger partial charge is 0.481 e. The van der Waals surface area contributed by atoms with Gasteiger partial charge in [-0.3, -0.25) is 4.79 Å². The quantitative estimate of drug-likeness (QED) is 0.524. The van der Waals surface area contributed by atoms with Crippen LogP contribution in [0.5, 0.6) is 0 Å². The number of carboxylic acid groups (broad SMARTS) is 1. The maximum atomic E-state index is 13.6. The molecule has 19 heavy (non-hydrogen) atoms. The molecule has 1 atom stereocenters. The smallest absolute Gasteiger partial charge is 0.344 e. The van der Waals surface area contributed by atoms with Crippen molar-refractivity contribution in [2.75, 3.05) is 7.11 Å². The number of ether oxygens (including phenoxy) is 1. The standard InChI is InChI=1S/C11H8F4O4/c1-3(10(16)17)4-6(12)8(14)5(11(18)19-2)9(15)7(4)13/h3H,1-2H3,(H,16,17). The van der Waals surface area contributed by atoms with Crippen LogP contribution in [0.1, 0.15) is 28.8 Å². The summed E-state index contributed by atoms with van der Waals surface area (Å²) in [4.78, 5) is 21.7. The molecule has 104 valence electrons. The van der Waals surface area contributed by atoms with E-state index in [2.05, 4.69) is 4.74 Å². The van der Waals surface area contributed by atoms with Crippen LogP contribution < -0.4 is 0 Å². The molecule has 0 aromatic heterocycles. The zero-order valence-electron chi connectivity index (χ0n) is 9.76. The lowest BCUT2D eigenvalue weighted by Gasteiger charge is -2.13. The normalized spacial score (nSPS) is 12.1. The monoisotopic (exact) mass is 280 g/mol. The van der Waals surface area contributed by atoms with Gasteiger partial charge in [0.25, 0.3) is 0 Å². The minimum Gasteiger partial charge on any atom is -0.481 e. The van der Waals surface area contributed by atoms with Gasteiger partial charge in [0, 0.05) is 5.56 Å². The molecule has 1 unspecified atom stereocenters. The number of hydrogen-bond donors (Lipinski definition) is 1. The van der Waals surface area contributed by atoms with E-state index in [1.807, 2.05) is 0 Å².